The number of alkyl halides is 3. The van der Waals surface area contributed by atoms with Gasteiger partial charge in [0, 0.05) is 0 Å². The second kappa shape index (κ2) is 12.0. The number of hydrogen-bond acceptors (Lipinski definition) is 7. The van der Waals surface area contributed by atoms with Gasteiger partial charge in [-0.2, -0.15) is 0 Å². The van der Waals surface area contributed by atoms with Crippen LogP contribution >= 0.6 is 0 Å². The molecule has 12 heteroatoms. The van der Waals surface area contributed by atoms with Gasteiger partial charge in [0.2, 0.25) is 5.69 Å². The van der Waals surface area contributed by atoms with Crippen LogP contribution in [0.2, 0.25) is 0 Å². The van der Waals surface area contributed by atoms with E-state index >= 15 is 0 Å². The Bertz CT molecular complexity index is 1130. The first-order valence-corrected chi connectivity index (χ1v) is 11.0. The maximum atomic E-state index is 12.2. The van der Waals surface area contributed by atoms with E-state index in [2.05, 4.69) is 24.9 Å². The molecule has 0 amide bonds. The zero-order valence-electron chi connectivity index (χ0n) is 19.2. The normalized spacial score (nSPS) is 17.3. The Kier molecular flexibility index (Phi) is 8.87. The number of ether oxygens (including phenoxy) is 3. The number of aromatic carboxylic acids is 1. The average molecular weight is 507 g/mol. The topological polar surface area (TPSA) is 124 Å². The lowest BCUT2D eigenvalue weighted by Crippen LogP contribution is -2.24. The molecule has 2 aromatic carbocycles. The van der Waals surface area contributed by atoms with Crippen LogP contribution in [0.15, 0.2) is 54.6 Å². The summed E-state index contributed by atoms with van der Waals surface area (Å²) in [7, 11) is 1.25. The highest BCUT2D eigenvalue weighted by Crippen LogP contribution is 2.35. The molecular weight excluding hydrogens is 483 g/mol. The number of nitrogens with one attached hydrogen (secondary N) is 1. The summed E-state index contributed by atoms with van der Waals surface area (Å²) in [5, 5.41) is 18.2. The van der Waals surface area contributed by atoms with E-state index in [1.54, 1.807) is 42.5 Å². The van der Waals surface area contributed by atoms with E-state index in [0.717, 1.165) is 31.2 Å². The highest BCUT2D eigenvalue weighted by Gasteiger charge is 2.31. The van der Waals surface area contributed by atoms with Crippen molar-refractivity contribution in [1.82, 2.24) is 15.4 Å². The van der Waals surface area contributed by atoms with E-state index in [-0.39, 0.29) is 29.3 Å². The third kappa shape index (κ3) is 7.72. The van der Waals surface area contributed by atoms with Gasteiger partial charge in [0.1, 0.15) is 11.9 Å². The standard InChI is InChI=1S/C17H18F3N3O4.C7H6O2/c1-25-16(24)14-15(22-23-21-14)26-12-6-2-10(3-7-12)11-4-8-13(9-5-11)27-17(18,19)20;8-7(9)6-4-2-1-3-5-6/h4-5,8-10,12H,2-3,6-7H2,1H3,(H,21,22,23);1-5H,(H,8,9)/t10-,12-;. The van der Waals surface area contributed by atoms with Gasteiger partial charge in [0.25, 0.3) is 5.88 Å². The molecule has 0 unspecified atom stereocenters. The van der Waals surface area contributed by atoms with Crippen LogP contribution in [0.4, 0.5) is 13.2 Å². The predicted molar refractivity (Wildman–Crippen MR) is 120 cm³/mol. The van der Waals surface area contributed by atoms with Crippen molar-refractivity contribution in [3.05, 3.63) is 71.4 Å². The summed E-state index contributed by atoms with van der Waals surface area (Å²) < 4.78 is 50.9. The van der Waals surface area contributed by atoms with Crippen molar-refractivity contribution in [2.24, 2.45) is 0 Å². The van der Waals surface area contributed by atoms with Gasteiger partial charge in [0.05, 0.1) is 12.7 Å². The van der Waals surface area contributed by atoms with Gasteiger partial charge in [-0.3, -0.25) is 0 Å². The summed E-state index contributed by atoms with van der Waals surface area (Å²) >= 11 is 0. The number of carboxylic acid groups (broad SMARTS) is 1. The van der Waals surface area contributed by atoms with E-state index in [4.69, 9.17) is 9.84 Å². The smallest absolute Gasteiger partial charge is 0.478 e. The Morgan fingerprint density at radius 3 is 2.17 bits per heavy atom. The predicted octanol–water partition coefficient (Wildman–Crippen LogP) is 4.98. The first kappa shape index (κ1) is 26.5. The molecule has 1 aromatic heterocycles. The summed E-state index contributed by atoms with van der Waals surface area (Å²) in [6.45, 7) is 0. The number of rotatable bonds is 6. The second-order valence-corrected chi connectivity index (χ2v) is 7.86. The minimum atomic E-state index is -4.69. The molecule has 4 rings (SSSR count). The van der Waals surface area contributed by atoms with Crippen LogP contribution in [-0.2, 0) is 4.74 Å². The molecule has 1 aliphatic carbocycles. The number of carbonyl (C=O) groups excluding carboxylic acids is 1. The summed E-state index contributed by atoms with van der Waals surface area (Å²) in [6, 6.07) is 14.2. The van der Waals surface area contributed by atoms with Gasteiger partial charge in [0.15, 0.2) is 0 Å². The molecule has 1 heterocycles. The van der Waals surface area contributed by atoms with Crippen LogP contribution in [0.25, 0.3) is 0 Å². The molecule has 0 radical (unpaired) electrons. The summed E-state index contributed by atoms with van der Waals surface area (Å²) in [6.07, 6.45) is -1.77. The highest BCUT2D eigenvalue weighted by molar-refractivity contribution is 5.89. The van der Waals surface area contributed by atoms with Crippen molar-refractivity contribution in [2.45, 2.75) is 44.1 Å². The molecule has 2 N–H and O–H groups in total. The number of hydrogen-bond donors (Lipinski definition) is 2. The first-order valence-electron chi connectivity index (χ1n) is 11.0. The number of esters is 1. The quantitative estimate of drug-likeness (QED) is 0.448. The lowest BCUT2D eigenvalue weighted by atomic mass is 9.83. The van der Waals surface area contributed by atoms with Crippen molar-refractivity contribution in [3.8, 4) is 11.6 Å². The zero-order valence-corrected chi connectivity index (χ0v) is 19.2. The van der Waals surface area contributed by atoms with Crippen LogP contribution in [0, 0.1) is 0 Å². The number of carboxylic acids is 1. The number of aromatic amines is 1. The van der Waals surface area contributed by atoms with Crippen LogP contribution in [0.1, 0.15) is 58.0 Å². The van der Waals surface area contributed by atoms with Crippen LogP contribution in [0.3, 0.4) is 0 Å². The van der Waals surface area contributed by atoms with Crippen molar-refractivity contribution < 1.29 is 42.1 Å². The number of halogens is 3. The number of nitrogens with zero attached hydrogens (tertiary/aromatic N) is 2. The fraction of sp³-hybridized carbons (Fsp3) is 0.333. The molecule has 36 heavy (non-hydrogen) atoms. The molecule has 0 aliphatic heterocycles. The molecular formula is C24H24F3N3O6. The average Bonchev–Trinajstić information content (AvgIpc) is 3.32. The van der Waals surface area contributed by atoms with E-state index in [0.29, 0.717) is 5.56 Å². The largest absolute Gasteiger partial charge is 0.573 e. The van der Waals surface area contributed by atoms with E-state index in [1.807, 2.05) is 0 Å². The molecule has 0 saturated heterocycles. The maximum Gasteiger partial charge on any atom is 0.573 e. The monoisotopic (exact) mass is 507 g/mol. The molecule has 1 fully saturated rings. The highest BCUT2D eigenvalue weighted by atomic mass is 19.4. The van der Waals surface area contributed by atoms with Gasteiger partial charge in [-0.05, 0) is 61.4 Å². The van der Waals surface area contributed by atoms with Gasteiger partial charge in [-0.25, -0.2) is 14.7 Å². The van der Waals surface area contributed by atoms with Crippen molar-refractivity contribution in [3.63, 3.8) is 0 Å². The number of methoxy groups -OCH3 is 1. The Morgan fingerprint density at radius 2 is 1.64 bits per heavy atom. The van der Waals surface area contributed by atoms with Crippen LogP contribution in [-0.4, -0.2) is 52.0 Å². The molecule has 0 spiro atoms. The van der Waals surface area contributed by atoms with Crippen LogP contribution in [0.5, 0.6) is 11.6 Å². The fourth-order valence-corrected chi connectivity index (χ4v) is 3.73. The van der Waals surface area contributed by atoms with Crippen molar-refractivity contribution >= 4 is 11.9 Å². The molecule has 0 bridgehead atoms. The molecule has 1 saturated carbocycles. The minimum absolute atomic E-state index is 0.0693. The SMILES string of the molecule is COC(=O)c1[nH]nnc1O[C@H]1CC[C@H](c2ccc(OC(F)(F)F)cc2)CC1.O=C(O)c1ccccc1. The van der Waals surface area contributed by atoms with Gasteiger partial charge in [-0.1, -0.05) is 40.6 Å². The third-order valence-corrected chi connectivity index (χ3v) is 5.46. The summed E-state index contributed by atoms with van der Waals surface area (Å²) in [5.74, 6) is -1.38. The molecule has 192 valence electrons. The first-order chi connectivity index (χ1) is 17.2. The summed E-state index contributed by atoms with van der Waals surface area (Å²) in [4.78, 5) is 21.8. The minimum Gasteiger partial charge on any atom is -0.478 e. The summed E-state index contributed by atoms with van der Waals surface area (Å²) in [5.41, 5.74) is 1.36. The number of carbonyl (C=O) groups is 2. The number of aromatic nitrogens is 3. The molecule has 1 aliphatic rings. The Labute approximate surface area is 204 Å². The lowest BCUT2D eigenvalue weighted by Gasteiger charge is -2.28. The van der Waals surface area contributed by atoms with Gasteiger partial charge in [-0.15, -0.1) is 13.2 Å². The van der Waals surface area contributed by atoms with E-state index < -0.39 is 18.3 Å². The Hall–Kier alpha value is -4.09. The Balaban J connectivity index is 0.000000338. The van der Waals surface area contributed by atoms with E-state index in [1.165, 1.54) is 19.2 Å². The van der Waals surface area contributed by atoms with Crippen molar-refractivity contribution in [2.75, 3.05) is 7.11 Å². The number of benzene rings is 2. The molecule has 3 aromatic rings. The molecule has 0 atom stereocenters. The number of H-pyrrole nitrogens is 1. The zero-order chi connectivity index (χ0) is 26.1. The van der Waals surface area contributed by atoms with Crippen molar-refractivity contribution in [1.29, 1.82) is 0 Å². The van der Waals surface area contributed by atoms with E-state index in [9.17, 15) is 22.8 Å². The second-order valence-electron chi connectivity index (χ2n) is 7.86. The van der Waals surface area contributed by atoms with Crippen LogP contribution < -0.4 is 9.47 Å². The van der Waals surface area contributed by atoms with Gasteiger partial charge >= 0.3 is 18.3 Å². The maximum absolute atomic E-state index is 12.2. The lowest BCUT2D eigenvalue weighted by molar-refractivity contribution is -0.274. The molecule has 9 nitrogen and oxygen atoms in total. The third-order valence-electron chi connectivity index (χ3n) is 5.46. The Morgan fingerprint density at radius 1 is 1.00 bits per heavy atom. The fourth-order valence-electron chi connectivity index (χ4n) is 3.73. The van der Waals surface area contributed by atoms with Gasteiger partial charge < -0.3 is 19.3 Å².